The fraction of sp³-hybridized carbons (Fsp3) is 1.00. The molecule has 4 nitrogen and oxygen atoms in total. The van der Waals surface area contributed by atoms with Crippen LogP contribution in [0.1, 0.15) is 53.4 Å². The summed E-state index contributed by atoms with van der Waals surface area (Å²) in [5.41, 5.74) is 0.318. The van der Waals surface area contributed by atoms with Gasteiger partial charge in [0.05, 0.1) is 0 Å². The molecule has 0 aromatic heterocycles. The van der Waals surface area contributed by atoms with Gasteiger partial charge < -0.3 is 18.7 Å². The van der Waals surface area contributed by atoms with Gasteiger partial charge in [-0.3, -0.25) is 0 Å². The highest BCUT2D eigenvalue weighted by Gasteiger charge is 2.42. The maximum atomic E-state index is 6.27. The largest absolute Gasteiger partial charge is 0.394 e. The molecule has 0 unspecified atom stereocenters. The van der Waals surface area contributed by atoms with Crippen LogP contribution in [-0.2, 0) is 8.85 Å². The Balaban J connectivity index is 5.02. The fourth-order valence-electron chi connectivity index (χ4n) is 3.60. The molecule has 146 valence electrons. The molecule has 0 bridgehead atoms. The van der Waals surface area contributed by atoms with Crippen molar-refractivity contribution >= 4 is 8.56 Å². The molecule has 0 atom stereocenters. The zero-order valence-electron chi connectivity index (χ0n) is 17.8. The van der Waals surface area contributed by atoms with Crippen LogP contribution in [-0.4, -0.2) is 72.9 Å². The summed E-state index contributed by atoms with van der Waals surface area (Å²) in [5.74, 6) is 0. The Hall–Kier alpha value is 0.0569. The Bertz CT molecular complexity index is 292. The van der Waals surface area contributed by atoms with Gasteiger partial charge in [0.15, 0.2) is 0 Å². The van der Waals surface area contributed by atoms with E-state index in [2.05, 4.69) is 65.7 Å². The summed E-state index contributed by atoms with van der Waals surface area (Å²) in [4.78, 5) is 4.58. The molecule has 24 heavy (non-hydrogen) atoms. The summed E-state index contributed by atoms with van der Waals surface area (Å²) in [6, 6.07) is 2.17. The Labute approximate surface area is 153 Å². The van der Waals surface area contributed by atoms with Gasteiger partial charge in [0, 0.05) is 13.2 Å². The van der Waals surface area contributed by atoms with Crippen LogP contribution in [0.2, 0.25) is 12.1 Å². The standard InChI is InChI=1S/C19H44N2O2Si/c1-9-22-24(11-3,23-10-2)18-19(4,14-12-16-20(5)6)15-13-17-21(7)8/h9-18H2,1-8H3. The van der Waals surface area contributed by atoms with Crippen molar-refractivity contribution < 1.29 is 8.85 Å². The van der Waals surface area contributed by atoms with Gasteiger partial charge in [-0.15, -0.1) is 0 Å². The van der Waals surface area contributed by atoms with Gasteiger partial charge in [-0.1, -0.05) is 13.8 Å². The lowest BCUT2D eigenvalue weighted by Crippen LogP contribution is -2.46. The minimum absolute atomic E-state index is 0.318. The maximum Gasteiger partial charge on any atom is 0.338 e. The molecule has 0 rings (SSSR count). The van der Waals surface area contributed by atoms with Crippen LogP contribution in [0.3, 0.4) is 0 Å². The molecule has 0 saturated carbocycles. The Morgan fingerprint density at radius 2 is 1.21 bits per heavy atom. The summed E-state index contributed by atoms with van der Waals surface area (Å²) < 4.78 is 12.5. The van der Waals surface area contributed by atoms with Crippen LogP contribution in [0, 0.1) is 5.41 Å². The fourth-order valence-corrected chi connectivity index (χ4v) is 7.25. The average molecular weight is 361 g/mol. The number of hydrogen-bond donors (Lipinski definition) is 0. The quantitative estimate of drug-likeness (QED) is 0.408. The second-order valence-corrected chi connectivity index (χ2v) is 11.4. The smallest absolute Gasteiger partial charge is 0.338 e. The molecule has 0 aliphatic rings. The zero-order chi connectivity index (χ0) is 18.6. The molecule has 0 aromatic rings. The van der Waals surface area contributed by atoms with Gasteiger partial charge in [0.2, 0.25) is 0 Å². The first kappa shape index (κ1) is 24.1. The molecule has 0 heterocycles. The number of nitrogens with zero attached hydrogens (tertiary/aromatic N) is 2. The molecule has 0 spiro atoms. The molecule has 0 radical (unpaired) electrons. The van der Waals surface area contributed by atoms with Gasteiger partial charge in [-0.25, -0.2) is 0 Å². The van der Waals surface area contributed by atoms with Crippen molar-refractivity contribution in [3.8, 4) is 0 Å². The summed E-state index contributed by atoms with van der Waals surface area (Å²) in [6.45, 7) is 12.8. The van der Waals surface area contributed by atoms with Crippen LogP contribution >= 0.6 is 0 Å². The summed E-state index contributed by atoms with van der Waals surface area (Å²) in [5, 5.41) is 0. The third-order valence-corrected chi connectivity index (χ3v) is 8.92. The minimum atomic E-state index is -2.09. The van der Waals surface area contributed by atoms with Crippen molar-refractivity contribution in [1.82, 2.24) is 9.80 Å². The first-order valence-electron chi connectivity index (χ1n) is 9.80. The summed E-state index contributed by atoms with van der Waals surface area (Å²) >= 11 is 0. The zero-order valence-corrected chi connectivity index (χ0v) is 18.8. The average Bonchev–Trinajstić information content (AvgIpc) is 2.46. The normalized spacial score (nSPS) is 13.2. The van der Waals surface area contributed by atoms with Gasteiger partial charge >= 0.3 is 8.56 Å². The van der Waals surface area contributed by atoms with Crippen molar-refractivity contribution in [1.29, 1.82) is 0 Å². The van der Waals surface area contributed by atoms with Crippen LogP contribution in [0.4, 0.5) is 0 Å². The van der Waals surface area contributed by atoms with E-state index in [4.69, 9.17) is 8.85 Å². The maximum absolute atomic E-state index is 6.27. The van der Waals surface area contributed by atoms with Gasteiger partial charge in [-0.05, 0) is 98.3 Å². The third kappa shape index (κ3) is 10.1. The third-order valence-electron chi connectivity index (χ3n) is 4.82. The predicted octanol–water partition coefficient (Wildman–Crippen LogP) is 4.21. The molecular weight excluding hydrogens is 316 g/mol. The van der Waals surface area contributed by atoms with Gasteiger partial charge in [-0.2, -0.15) is 0 Å². The second-order valence-electron chi connectivity index (χ2n) is 7.93. The molecule has 5 heteroatoms. The lowest BCUT2D eigenvalue weighted by Gasteiger charge is -2.39. The number of hydrogen-bond acceptors (Lipinski definition) is 4. The first-order valence-corrected chi connectivity index (χ1v) is 12.0. The van der Waals surface area contributed by atoms with Crippen molar-refractivity contribution in [3.05, 3.63) is 0 Å². The monoisotopic (exact) mass is 360 g/mol. The van der Waals surface area contributed by atoms with E-state index in [1.807, 2.05) is 0 Å². The molecular formula is C19H44N2O2Si. The minimum Gasteiger partial charge on any atom is -0.394 e. The molecule has 0 aromatic carbocycles. The lowest BCUT2D eigenvalue weighted by molar-refractivity contribution is 0.156. The second kappa shape index (κ2) is 12.4. The molecule has 0 aliphatic carbocycles. The molecule has 0 aliphatic heterocycles. The van der Waals surface area contributed by atoms with E-state index in [1.54, 1.807) is 0 Å². The highest BCUT2D eigenvalue weighted by Crippen LogP contribution is 2.40. The molecule has 0 N–H and O–H groups in total. The van der Waals surface area contributed by atoms with E-state index in [9.17, 15) is 0 Å². The Morgan fingerprint density at radius 3 is 1.50 bits per heavy atom. The van der Waals surface area contributed by atoms with Crippen LogP contribution in [0.15, 0.2) is 0 Å². The van der Waals surface area contributed by atoms with Crippen molar-refractivity contribution in [2.24, 2.45) is 5.41 Å². The van der Waals surface area contributed by atoms with E-state index in [1.165, 1.54) is 25.7 Å². The van der Waals surface area contributed by atoms with Gasteiger partial charge in [0.25, 0.3) is 0 Å². The van der Waals surface area contributed by atoms with Crippen LogP contribution in [0.5, 0.6) is 0 Å². The SMILES string of the molecule is CCO[Si](CC)(CC(C)(CCCN(C)C)CCCN(C)C)OCC. The van der Waals surface area contributed by atoms with E-state index in [0.29, 0.717) is 5.41 Å². The van der Waals surface area contributed by atoms with E-state index in [-0.39, 0.29) is 0 Å². The predicted molar refractivity (Wildman–Crippen MR) is 108 cm³/mol. The van der Waals surface area contributed by atoms with Crippen molar-refractivity contribution in [3.63, 3.8) is 0 Å². The van der Waals surface area contributed by atoms with E-state index >= 15 is 0 Å². The van der Waals surface area contributed by atoms with Crippen molar-refractivity contribution in [2.75, 3.05) is 54.5 Å². The van der Waals surface area contributed by atoms with Crippen molar-refractivity contribution in [2.45, 2.75) is 65.5 Å². The van der Waals surface area contributed by atoms with E-state index < -0.39 is 8.56 Å². The van der Waals surface area contributed by atoms with Gasteiger partial charge in [0.1, 0.15) is 0 Å². The molecule has 0 amide bonds. The first-order chi connectivity index (χ1) is 11.2. The topological polar surface area (TPSA) is 24.9 Å². The summed E-state index contributed by atoms with van der Waals surface area (Å²) in [6.07, 6.45) is 5.01. The van der Waals surface area contributed by atoms with Crippen LogP contribution < -0.4 is 0 Å². The Kier molecular flexibility index (Phi) is 12.4. The lowest BCUT2D eigenvalue weighted by atomic mass is 9.82. The Morgan fingerprint density at radius 1 is 0.792 bits per heavy atom. The summed E-state index contributed by atoms with van der Waals surface area (Å²) in [7, 11) is 6.56. The highest BCUT2D eigenvalue weighted by molar-refractivity contribution is 6.67. The van der Waals surface area contributed by atoms with E-state index in [0.717, 1.165) is 38.4 Å². The molecule has 0 fully saturated rings. The molecule has 0 saturated heterocycles. The number of rotatable bonds is 15. The highest BCUT2D eigenvalue weighted by atomic mass is 28.4. The van der Waals surface area contributed by atoms with Crippen LogP contribution in [0.25, 0.3) is 0 Å².